The Morgan fingerprint density at radius 3 is 2.94 bits per heavy atom. The van der Waals surface area contributed by atoms with Crippen molar-refractivity contribution < 1.29 is 9.90 Å². The minimum Gasteiger partial charge on any atom is -0.480 e. The lowest BCUT2D eigenvalue weighted by Gasteiger charge is -2.34. The molecule has 0 aromatic rings. The van der Waals surface area contributed by atoms with E-state index in [2.05, 4.69) is 11.6 Å². The standard InChI is InChI=1S/C11H20N4O2/c1-8(14-7-12)5-10(11(16)17)15-4-2-3-9(13)6-15/h7,9-10H,1-6,13H2,(H2,12,14)(H,16,17). The highest BCUT2D eigenvalue weighted by molar-refractivity contribution is 5.74. The van der Waals surface area contributed by atoms with Crippen LogP contribution in [0.3, 0.4) is 0 Å². The molecule has 5 N–H and O–H groups in total. The van der Waals surface area contributed by atoms with Crippen molar-refractivity contribution in [2.24, 2.45) is 16.5 Å². The molecule has 2 atom stereocenters. The molecule has 1 aliphatic rings. The first-order valence-corrected chi connectivity index (χ1v) is 5.69. The summed E-state index contributed by atoms with van der Waals surface area (Å²) in [6.07, 6.45) is 3.28. The number of aliphatic carboxylic acids is 1. The summed E-state index contributed by atoms with van der Waals surface area (Å²) < 4.78 is 0. The first-order chi connectivity index (χ1) is 8.04. The number of aliphatic imine (C=N–C) groups is 1. The van der Waals surface area contributed by atoms with Gasteiger partial charge in [-0.15, -0.1) is 0 Å². The maximum atomic E-state index is 11.2. The molecule has 6 nitrogen and oxygen atoms in total. The molecule has 1 heterocycles. The molecule has 1 aliphatic heterocycles. The number of nitrogens with zero attached hydrogens (tertiary/aromatic N) is 2. The third-order valence-corrected chi connectivity index (χ3v) is 2.90. The quantitative estimate of drug-likeness (QED) is 0.454. The number of hydrogen-bond donors (Lipinski definition) is 3. The molecule has 0 spiro atoms. The lowest BCUT2D eigenvalue weighted by molar-refractivity contribution is -0.143. The van der Waals surface area contributed by atoms with Gasteiger partial charge in [0.15, 0.2) is 0 Å². The third kappa shape index (κ3) is 4.16. The summed E-state index contributed by atoms with van der Waals surface area (Å²) in [6.45, 7) is 5.04. The summed E-state index contributed by atoms with van der Waals surface area (Å²) in [5.41, 5.74) is 11.5. The number of carbonyl (C=O) groups is 1. The van der Waals surface area contributed by atoms with Crippen molar-refractivity contribution in [3.8, 4) is 0 Å². The van der Waals surface area contributed by atoms with Crippen LogP contribution in [-0.2, 0) is 4.79 Å². The Bertz CT molecular complexity index is 317. The van der Waals surface area contributed by atoms with Crippen LogP contribution in [0, 0.1) is 0 Å². The van der Waals surface area contributed by atoms with Crippen molar-refractivity contribution in [3.05, 3.63) is 12.3 Å². The second-order valence-electron chi connectivity index (χ2n) is 4.30. The molecule has 0 radical (unpaired) electrons. The van der Waals surface area contributed by atoms with Crippen molar-refractivity contribution >= 4 is 12.3 Å². The summed E-state index contributed by atoms with van der Waals surface area (Å²) >= 11 is 0. The zero-order valence-electron chi connectivity index (χ0n) is 9.88. The van der Waals surface area contributed by atoms with Crippen LogP contribution in [0.4, 0.5) is 0 Å². The Balaban J connectivity index is 2.64. The molecule has 0 amide bonds. The van der Waals surface area contributed by atoms with E-state index in [1.165, 1.54) is 0 Å². The van der Waals surface area contributed by atoms with Gasteiger partial charge in [0, 0.05) is 24.7 Å². The average molecular weight is 240 g/mol. The number of rotatable bonds is 5. The molecule has 0 aromatic carbocycles. The fourth-order valence-corrected chi connectivity index (χ4v) is 2.08. The van der Waals surface area contributed by atoms with Gasteiger partial charge in [-0.1, -0.05) is 6.58 Å². The summed E-state index contributed by atoms with van der Waals surface area (Å²) in [5.74, 6) is -0.868. The van der Waals surface area contributed by atoms with Crippen LogP contribution in [-0.4, -0.2) is 47.5 Å². The summed E-state index contributed by atoms with van der Waals surface area (Å²) in [7, 11) is 0. The topological polar surface area (TPSA) is 105 Å². The van der Waals surface area contributed by atoms with Crippen LogP contribution in [0.5, 0.6) is 0 Å². The van der Waals surface area contributed by atoms with Gasteiger partial charge in [-0.25, -0.2) is 4.99 Å². The van der Waals surface area contributed by atoms with Gasteiger partial charge in [-0.2, -0.15) is 0 Å². The molecule has 0 aliphatic carbocycles. The Morgan fingerprint density at radius 1 is 1.71 bits per heavy atom. The molecule has 0 aromatic heterocycles. The number of nitrogens with two attached hydrogens (primary N) is 2. The molecular weight excluding hydrogens is 220 g/mol. The van der Waals surface area contributed by atoms with Crippen LogP contribution >= 0.6 is 0 Å². The first-order valence-electron chi connectivity index (χ1n) is 5.69. The van der Waals surface area contributed by atoms with E-state index in [0.29, 0.717) is 12.2 Å². The number of piperidine rings is 1. The fourth-order valence-electron chi connectivity index (χ4n) is 2.08. The van der Waals surface area contributed by atoms with E-state index >= 15 is 0 Å². The van der Waals surface area contributed by atoms with E-state index in [-0.39, 0.29) is 12.5 Å². The van der Waals surface area contributed by atoms with Gasteiger partial charge >= 0.3 is 5.97 Å². The minimum atomic E-state index is -0.868. The molecule has 0 saturated carbocycles. The van der Waals surface area contributed by atoms with Crippen LogP contribution in [0.1, 0.15) is 19.3 Å². The Hall–Kier alpha value is -1.40. The largest absolute Gasteiger partial charge is 0.480 e. The van der Waals surface area contributed by atoms with Gasteiger partial charge in [0.25, 0.3) is 0 Å². The Labute approximate surface area is 101 Å². The predicted molar refractivity (Wildman–Crippen MR) is 66.6 cm³/mol. The molecule has 1 saturated heterocycles. The van der Waals surface area contributed by atoms with Gasteiger partial charge in [-0.3, -0.25) is 9.69 Å². The second kappa shape index (κ2) is 6.36. The molecule has 1 rings (SSSR count). The third-order valence-electron chi connectivity index (χ3n) is 2.90. The smallest absolute Gasteiger partial charge is 0.321 e. The number of hydrogen-bond acceptors (Lipinski definition) is 4. The van der Waals surface area contributed by atoms with Crippen LogP contribution in [0.2, 0.25) is 0 Å². The number of carboxylic acid groups (broad SMARTS) is 1. The van der Waals surface area contributed by atoms with Crippen molar-refractivity contribution in [3.63, 3.8) is 0 Å². The maximum Gasteiger partial charge on any atom is 0.321 e. The lowest BCUT2D eigenvalue weighted by atomic mass is 10.0. The number of carboxylic acids is 1. The van der Waals surface area contributed by atoms with Gasteiger partial charge in [0.1, 0.15) is 6.04 Å². The zero-order chi connectivity index (χ0) is 12.8. The minimum absolute atomic E-state index is 0.0527. The van der Waals surface area contributed by atoms with Crippen LogP contribution in [0.15, 0.2) is 17.3 Å². The highest BCUT2D eigenvalue weighted by atomic mass is 16.4. The summed E-state index contributed by atoms with van der Waals surface area (Å²) in [6, 6.07) is -0.561. The maximum absolute atomic E-state index is 11.2. The normalized spacial score (nSPS) is 23.7. The van der Waals surface area contributed by atoms with Gasteiger partial charge < -0.3 is 16.6 Å². The predicted octanol–water partition coefficient (Wildman–Crippen LogP) is -0.246. The van der Waals surface area contributed by atoms with Crippen LogP contribution in [0.25, 0.3) is 0 Å². The molecule has 96 valence electrons. The van der Waals surface area contributed by atoms with Crippen molar-refractivity contribution in [1.29, 1.82) is 0 Å². The van der Waals surface area contributed by atoms with Gasteiger partial charge in [-0.05, 0) is 19.4 Å². The SMILES string of the molecule is C=C(CC(C(=O)O)N1CCCC(N)C1)N=CN. The van der Waals surface area contributed by atoms with E-state index in [4.69, 9.17) is 11.5 Å². The molecule has 0 bridgehead atoms. The zero-order valence-corrected chi connectivity index (χ0v) is 9.88. The summed E-state index contributed by atoms with van der Waals surface area (Å²) in [4.78, 5) is 16.9. The Morgan fingerprint density at radius 2 is 2.41 bits per heavy atom. The first kappa shape index (κ1) is 13.7. The van der Waals surface area contributed by atoms with Crippen LogP contribution < -0.4 is 11.5 Å². The van der Waals surface area contributed by atoms with Crippen molar-refractivity contribution in [1.82, 2.24) is 4.90 Å². The van der Waals surface area contributed by atoms with Crippen molar-refractivity contribution in [2.75, 3.05) is 13.1 Å². The second-order valence-corrected chi connectivity index (χ2v) is 4.30. The average Bonchev–Trinajstić information content (AvgIpc) is 2.26. The Kier molecular flexibility index (Phi) is 5.11. The van der Waals surface area contributed by atoms with E-state index in [9.17, 15) is 9.90 Å². The highest BCUT2D eigenvalue weighted by Crippen LogP contribution is 2.17. The van der Waals surface area contributed by atoms with Gasteiger partial charge in [0.05, 0.1) is 6.34 Å². The number of likely N-dealkylation sites (tertiary alicyclic amines) is 1. The van der Waals surface area contributed by atoms with E-state index < -0.39 is 12.0 Å². The monoisotopic (exact) mass is 240 g/mol. The van der Waals surface area contributed by atoms with E-state index in [0.717, 1.165) is 25.7 Å². The summed E-state index contributed by atoms with van der Waals surface area (Å²) in [5, 5.41) is 9.22. The molecule has 6 heteroatoms. The van der Waals surface area contributed by atoms with Gasteiger partial charge in [0.2, 0.25) is 0 Å². The molecule has 17 heavy (non-hydrogen) atoms. The lowest BCUT2D eigenvalue weighted by Crippen LogP contribution is -2.50. The van der Waals surface area contributed by atoms with Crippen molar-refractivity contribution in [2.45, 2.75) is 31.3 Å². The highest BCUT2D eigenvalue weighted by Gasteiger charge is 2.29. The van der Waals surface area contributed by atoms with E-state index in [1.54, 1.807) is 0 Å². The molecule has 1 fully saturated rings. The molecular formula is C11H20N4O2. The fraction of sp³-hybridized carbons (Fsp3) is 0.636. The molecule has 2 unspecified atom stereocenters. The van der Waals surface area contributed by atoms with E-state index in [1.807, 2.05) is 4.90 Å².